The van der Waals surface area contributed by atoms with E-state index in [1.54, 1.807) is 31.2 Å². The predicted molar refractivity (Wildman–Crippen MR) is 121 cm³/mol. The maximum atomic E-state index is 12.6. The van der Waals surface area contributed by atoms with Gasteiger partial charge in [0.1, 0.15) is 16.3 Å². The number of carbonyl (C=O) groups excluding carboxylic acids is 2. The zero-order chi connectivity index (χ0) is 21.5. The molecule has 0 aliphatic carbocycles. The third kappa shape index (κ3) is 5.20. The van der Waals surface area contributed by atoms with E-state index < -0.39 is 11.9 Å². The molecule has 1 aromatic heterocycles. The average Bonchev–Trinajstić information content (AvgIpc) is 3.17. The maximum Gasteiger partial charge on any atom is 0.341 e. The van der Waals surface area contributed by atoms with Gasteiger partial charge in [-0.3, -0.25) is 4.79 Å². The van der Waals surface area contributed by atoms with Crippen LogP contribution in [-0.4, -0.2) is 25.1 Å². The van der Waals surface area contributed by atoms with Crippen molar-refractivity contribution in [1.29, 1.82) is 0 Å². The van der Waals surface area contributed by atoms with E-state index in [4.69, 9.17) is 21.1 Å². The number of ether oxygens (including phenoxy) is 2. The molecule has 2 aromatic carbocycles. The molecule has 0 radical (unpaired) electrons. The minimum Gasteiger partial charge on any atom is -0.482 e. The summed E-state index contributed by atoms with van der Waals surface area (Å²) in [5, 5.41) is 5.46. The van der Waals surface area contributed by atoms with Crippen molar-refractivity contribution in [2.45, 2.75) is 20.3 Å². The Morgan fingerprint density at radius 1 is 1.07 bits per heavy atom. The van der Waals surface area contributed by atoms with Crippen LogP contribution in [0, 0.1) is 0 Å². The van der Waals surface area contributed by atoms with Crippen molar-refractivity contribution in [1.82, 2.24) is 0 Å². The van der Waals surface area contributed by atoms with Crippen molar-refractivity contribution >= 4 is 39.8 Å². The van der Waals surface area contributed by atoms with Gasteiger partial charge in [0.05, 0.1) is 11.6 Å². The molecule has 0 bridgehead atoms. The van der Waals surface area contributed by atoms with Gasteiger partial charge in [-0.05, 0) is 36.6 Å². The third-order valence-corrected chi connectivity index (χ3v) is 5.60. The van der Waals surface area contributed by atoms with Crippen LogP contribution in [0.3, 0.4) is 0 Å². The first-order valence-corrected chi connectivity index (χ1v) is 10.8. The molecule has 3 rings (SSSR count). The molecule has 1 N–H and O–H groups in total. The number of rotatable bonds is 8. The minimum absolute atomic E-state index is 0.232. The normalized spacial score (nSPS) is 10.5. The van der Waals surface area contributed by atoms with Crippen LogP contribution in [0.25, 0.3) is 11.1 Å². The van der Waals surface area contributed by atoms with E-state index in [1.807, 2.05) is 29.6 Å². The number of thiophene rings is 1. The van der Waals surface area contributed by atoms with Gasteiger partial charge in [-0.15, -0.1) is 11.3 Å². The topological polar surface area (TPSA) is 64.6 Å². The zero-order valence-corrected chi connectivity index (χ0v) is 18.3. The quantitative estimate of drug-likeness (QED) is 0.445. The van der Waals surface area contributed by atoms with Crippen molar-refractivity contribution in [2.24, 2.45) is 0 Å². The number of para-hydroxylation sites is 1. The fraction of sp³-hybridized carbons (Fsp3) is 0.217. The van der Waals surface area contributed by atoms with Crippen LogP contribution in [0.15, 0.2) is 53.9 Å². The molecule has 0 saturated carbocycles. The fourth-order valence-electron chi connectivity index (χ4n) is 2.86. The van der Waals surface area contributed by atoms with Crippen LogP contribution in [-0.2, 0) is 16.0 Å². The molecule has 0 aliphatic rings. The van der Waals surface area contributed by atoms with Crippen molar-refractivity contribution in [3.05, 3.63) is 70.1 Å². The van der Waals surface area contributed by atoms with Crippen LogP contribution in [0.5, 0.6) is 5.75 Å². The smallest absolute Gasteiger partial charge is 0.341 e. The number of esters is 1. The monoisotopic (exact) mass is 443 g/mol. The lowest BCUT2D eigenvalue weighted by Crippen LogP contribution is -2.21. The third-order valence-electron chi connectivity index (χ3n) is 4.39. The van der Waals surface area contributed by atoms with Gasteiger partial charge in [-0.1, -0.05) is 54.9 Å². The Morgan fingerprint density at radius 3 is 2.47 bits per heavy atom. The number of halogens is 1. The first-order valence-electron chi connectivity index (χ1n) is 9.58. The largest absolute Gasteiger partial charge is 0.482 e. The molecule has 0 atom stereocenters. The summed E-state index contributed by atoms with van der Waals surface area (Å²) < 4.78 is 10.7. The fourth-order valence-corrected chi connectivity index (χ4v) is 4.02. The van der Waals surface area contributed by atoms with E-state index >= 15 is 0 Å². The average molecular weight is 444 g/mol. The first kappa shape index (κ1) is 21.9. The van der Waals surface area contributed by atoms with Gasteiger partial charge in [0.15, 0.2) is 6.61 Å². The number of carbonyl (C=O) groups is 2. The standard InChI is InChI=1S/C23H22ClNO4S/c1-3-15-9-11-16(12-10-15)17-14-30-22(21(17)23(27)28-4-2)25-20(26)13-29-19-8-6-5-7-18(19)24/h5-12,14H,3-4,13H2,1-2H3,(H,25,26). The lowest BCUT2D eigenvalue weighted by molar-refractivity contribution is -0.118. The van der Waals surface area contributed by atoms with E-state index in [9.17, 15) is 9.59 Å². The van der Waals surface area contributed by atoms with Crippen molar-refractivity contribution in [2.75, 3.05) is 18.5 Å². The number of benzene rings is 2. The van der Waals surface area contributed by atoms with Gasteiger partial charge < -0.3 is 14.8 Å². The molecule has 0 spiro atoms. The summed E-state index contributed by atoms with van der Waals surface area (Å²) in [6.07, 6.45) is 0.932. The lowest BCUT2D eigenvalue weighted by atomic mass is 10.0. The Bertz CT molecular complexity index is 1030. The highest BCUT2D eigenvalue weighted by Gasteiger charge is 2.23. The molecule has 0 aliphatic heterocycles. The summed E-state index contributed by atoms with van der Waals surface area (Å²) in [6, 6.07) is 14.9. The molecule has 7 heteroatoms. The van der Waals surface area contributed by atoms with Crippen LogP contribution < -0.4 is 10.1 Å². The van der Waals surface area contributed by atoms with E-state index in [1.165, 1.54) is 16.9 Å². The molecule has 1 amide bonds. The van der Waals surface area contributed by atoms with E-state index in [2.05, 4.69) is 12.2 Å². The van der Waals surface area contributed by atoms with Crippen LogP contribution in [0.2, 0.25) is 5.02 Å². The van der Waals surface area contributed by atoms with Crippen LogP contribution in [0.1, 0.15) is 29.8 Å². The van der Waals surface area contributed by atoms with Crippen molar-refractivity contribution < 1.29 is 19.1 Å². The molecule has 30 heavy (non-hydrogen) atoms. The summed E-state index contributed by atoms with van der Waals surface area (Å²) in [4.78, 5) is 25.1. The molecule has 156 valence electrons. The Morgan fingerprint density at radius 2 is 1.80 bits per heavy atom. The summed E-state index contributed by atoms with van der Waals surface area (Å²) in [5.41, 5.74) is 3.16. The zero-order valence-electron chi connectivity index (χ0n) is 16.7. The van der Waals surface area contributed by atoms with Gasteiger partial charge in [0, 0.05) is 10.9 Å². The second-order valence-corrected chi connectivity index (χ2v) is 7.68. The SMILES string of the molecule is CCOC(=O)c1c(-c2ccc(CC)cc2)csc1NC(=O)COc1ccccc1Cl. The van der Waals surface area contributed by atoms with E-state index in [0.717, 1.165) is 17.5 Å². The van der Waals surface area contributed by atoms with Gasteiger partial charge in [0.2, 0.25) is 0 Å². The van der Waals surface area contributed by atoms with Crippen LogP contribution >= 0.6 is 22.9 Å². The molecule has 0 fully saturated rings. The number of anilines is 1. The number of aryl methyl sites for hydroxylation is 1. The van der Waals surface area contributed by atoms with Gasteiger partial charge >= 0.3 is 5.97 Å². The molecule has 3 aromatic rings. The number of amides is 1. The molecule has 5 nitrogen and oxygen atoms in total. The van der Waals surface area contributed by atoms with Gasteiger partial charge in [-0.2, -0.15) is 0 Å². The Hall–Kier alpha value is -2.83. The summed E-state index contributed by atoms with van der Waals surface area (Å²) in [5.74, 6) is -0.450. The molecule has 1 heterocycles. The highest BCUT2D eigenvalue weighted by Crippen LogP contribution is 2.36. The predicted octanol–water partition coefficient (Wildman–Crippen LogP) is 5.83. The highest BCUT2D eigenvalue weighted by molar-refractivity contribution is 7.15. The second-order valence-electron chi connectivity index (χ2n) is 6.39. The Kier molecular flexibility index (Phi) is 7.49. The molecule has 0 saturated heterocycles. The van der Waals surface area contributed by atoms with Gasteiger partial charge in [-0.25, -0.2) is 4.79 Å². The van der Waals surface area contributed by atoms with E-state index in [0.29, 0.717) is 21.3 Å². The molecular weight excluding hydrogens is 422 g/mol. The Labute approximate surface area is 184 Å². The van der Waals surface area contributed by atoms with E-state index in [-0.39, 0.29) is 13.2 Å². The summed E-state index contributed by atoms with van der Waals surface area (Å²) >= 11 is 7.32. The first-order chi connectivity index (χ1) is 14.5. The van der Waals surface area contributed by atoms with Crippen LogP contribution in [0.4, 0.5) is 5.00 Å². The van der Waals surface area contributed by atoms with Crippen molar-refractivity contribution in [3.8, 4) is 16.9 Å². The summed E-state index contributed by atoms with van der Waals surface area (Å²) in [6.45, 7) is 3.84. The minimum atomic E-state index is -0.476. The Balaban J connectivity index is 1.81. The second kappa shape index (κ2) is 10.3. The molecular formula is C23H22ClNO4S. The van der Waals surface area contributed by atoms with Gasteiger partial charge in [0.25, 0.3) is 5.91 Å². The number of nitrogens with one attached hydrogen (secondary N) is 1. The number of hydrogen-bond acceptors (Lipinski definition) is 5. The lowest BCUT2D eigenvalue weighted by Gasteiger charge is -2.10. The highest BCUT2D eigenvalue weighted by atomic mass is 35.5. The summed E-state index contributed by atoms with van der Waals surface area (Å²) in [7, 11) is 0. The number of hydrogen-bond donors (Lipinski definition) is 1. The molecule has 0 unspecified atom stereocenters. The van der Waals surface area contributed by atoms with Crippen molar-refractivity contribution in [3.63, 3.8) is 0 Å². The maximum absolute atomic E-state index is 12.6.